The minimum Gasteiger partial charge on any atom is -0.496 e. The lowest BCUT2D eigenvalue weighted by atomic mass is 9.94. The van der Waals surface area contributed by atoms with Crippen LogP contribution in [-0.2, 0) is 12.4 Å². The maximum Gasteiger partial charge on any atom is 0.573 e. The molecule has 0 radical (unpaired) electrons. The molecule has 3 aromatic carbocycles. The minimum absolute atomic E-state index is 0.137. The number of ether oxygens (including phenoxy) is 4. The summed E-state index contributed by atoms with van der Waals surface area (Å²) < 4.78 is 177. The van der Waals surface area contributed by atoms with E-state index in [0.717, 1.165) is 32.4 Å². The third-order valence-electron chi connectivity index (χ3n) is 5.11. The average molecular weight is 594 g/mol. The topological polar surface area (TPSA) is 36.9 Å². The molecular formula is C24H14F12O4. The van der Waals surface area contributed by atoms with Crippen molar-refractivity contribution in [3.05, 3.63) is 59.7 Å². The fourth-order valence-electron chi connectivity index (χ4n) is 3.65. The molecule has 0 aliphatic carbocycles. The van der Waals surface area contributed by atoms with Crippen LogP contribution in [0.5, 0.6) is 23.0 Å². The molecule has 4 nitrogen and oxygen atoms in total. The van der Waals surface area contributed by atoms with Gasteiger partial charge in [-0.05, 0) is 53.6 Å². The molecular weight excluding hydrogens is 580 g/mol. The lowest BCUT2D eigenvalue weighted by molar-refractivity contribution is -0.276. The fraction of sp³-hybridized carbons (Fsp3) is 0.250. The van der Waals surface area contributed by atoms with Gasteiger partial charge in [0, 0.05) is 0 Å². The highest BCUT2D eigenvalue weighted by molar-refractivity contribution is 5.86. The summed E-state index contributed by atoms with van der Waals surface area (Å²) in [5, 5.41) is 0. The predicted molar refractivity (Wildman–Crippen MR) is 114 cm³/mol. The summed E-state index contributed by atoms with van der Waals surface area (Å²) in [5.74, 6) is -3.49. The molecule has 0 bridgehead atoms. The number of alkyl halides is 12. The van der Waals surface area contributed by atoms with Gasteiger partial charge in [0.05, 0.1) is 36.5 Å². The Bertz CT molecular complexity index is 1280. The molecule has 0 atom stereocenters. The molecule has 0 amide bonds. The first-order valence-electron chi connectivity index (χ1n) is 10.4. The van der Waals surface area contributed by atoms with Crippen molar-refractivity contribution in [2.75, 3.05) is 14.2 Å². The molecule has 0 aliphatic rings. The Labute approximate surface area is 216 Å². The number of methoxy groups -OCH3 is 2. The third-order valence-corrected chi connectivity index (χ3v) is 5.11. The molecule has 0 N–H and O–H groups in total. The van der Waals surface area contributed by atoms with Crippen LogP contribution in [-0.4, -0.2) is 26.9 Å². The maximum absolute atomic E-state index is 13.4. The van der Waals surface area contributed by atoms with E-state index >= 15 is 0 Å². The van der Waals surface area contributed by atoms with Crippen molar-refractivity contribution in [1.29, 1.82) is 0 Å². The van der Waals surface area contributed by atoms with Crippen LogP contribution in [0.15, 0.2) is 48.5 Å². The SMILES string of the molecule is COc1cc(-c2c(OC(F)(F)F)cccc2OC(F)(F)F)cc(OC)c1-c1cc(C(F)(F)F)cc(C(F)(F)F)c1. The number of hydrogen-bond acceptors (Lipinski definition) is 4. The van der Waals surface area contributed by atoms with Crippen LogP contribution in [0.25, 0.3) is 22.3 Å². The minimum atomic E-state index is -5.38. The van der Waals surface area contributed by atoms with Gasteiger partial charge in [-0.25, -0.2) is 0 Å². The number of rotatable bonds is 6. The van der Waals surface area contributed by atoms with Crippen LogP contribution in [0.4, 0.5) is 52.7 Å². The zero-order valence-electron chi connectivity index (χ0n) is 19.8. The molecule has 16 heteroatoms. The van der Waals surface area contributed by atoms with Crippen LogP contribution < -0.4 is 18.9 Å². The smallest absolute Gasteiger partial charge is 0.496 e. The predicted octanol–water partition coefficient (Wildman–Crippen LogP) is 8.87. The van der Waals surface area contributed by atoms with E-state index in [1.807, 2.05) is 0 Å². The van der Waals surface area contributed by atoms with Gasteiger partial charge in [-0.2, -0.15) is 26.3 Å². The molecule has 0 saturated heterocycles. The van der Waals surface area contributed by atoms with Gasteiger partial charge in [0.25, 0.3) is 0 Å². The molecule has 0 heterocycles. The summed E-state index contributed by atoms with van der Waals surface area (Å²) in [5.41, 5.74) is -6.11. The van der Waals surface area contributed by atoms with Gasteiger partial charge in [0.1, 0.15) is 23.0 Å². The molecule has 40 heavy (non-hydrogen) atoms. The van der Waals surface area contributed by atoms with E-state index in [9.17, 15) is 52.7 Å². The van der Waals surface area contributed by atoms with Crippen LogP contribution in [0.1, 0.15) is 11.1 Å². The van der Waals surface area contributed by atoms with E-state index < -0.39 is 81.5 Å². The van der Waals surface area contributed by atoms with Crippen LogP contribution in [0, 0.1) is 0 Å². The lowest BCUT2D eigenvalue weighted by Gasteiger charge is -2.21. The molecule has 0 saturated carbocycles. The Balaban J connectivity index is 2.37. The summed E-state index contributed by atoms with van der Waals surface area (Å²) >= 11 is 0. The molecule has 3 aromatic rings. The van der Waals surface area contributed by atoms with Gasteiger partial charge in [-0.1, -0.05) is 6.07 Å². The monoisotopic (exact) mass is 594 g/mol. The summed E-state index contributed by atoms with van der Waals surface area (Å²) in [7, 11) is 1.82. The van der Waals surface area contributed by atoms with Gasteiger partial charge in [-0.15, -0.1) is 26.3 Å². The number of halogens is 12. The second-order valence-corrected chi connectivity index (χ2v) is 7.78. The Hall–Kier alpha value is -3.98. The zero-order valence-corrected chi connectivity index (χ0v) is 19.8. The van der Waals surface area contributed by atoms with Crippen molar-refractivity contribution < 1.29 is 71.6 Å². The van der Waals surface area contributed by atoms with E-state index in [2.05, 4.69) is 9.47 Å². The van der Waals surface area contributed by atoms with Crippen LogP contribution in [0.3, 0.4) is 0 Å². The van der Waals surface area contributed by atoms with E-state index in [-0.39, 0.29) is 6.07 Å². The highest BCUT2D eigenvalue weighted by atomic mass is 19.4. The molecule has 0 spiro atoms. The highest BCUT2D eigenvalue weighted by Crippen LogP contribution is 2.49. The summed E-state index contributed by atoms with van der Waals surface area (Å²) in [4.78, 5) is 0. The average Bonchev–Trinajstić information content (AvgIpc) is 2.80. The van der Waals surface area contributed by atoms with E-state index in [1.165, 1.54) is 0 Å². The van der Waals surface area contributed by atoms with Gasteiger partial charge < -0.3 is 18.9 Å². The molecule has 0 unspecified atom stereocenters. The molecule has 0 fully saturated rings. The second-order valence-electron chi connectivity index (χ2n) is 7.78. The first-order chi connectivity index (χ1) is 18.2. The van der Waals surface area contributed by atoms with Crippen molar-refractivity contribution in [2.24, 2.45) is 0 Å². The van der Waals surface area contributed by atoms with Gasteiger partial charge >= 0.3 is 25.1 Å². The van der Waals surface area contributed by atoms with Gasteiger partial charge in [-0.3, -0.25) is 0 Å². The van der Waals surface area contributed by atoms with E-state index in [1.54, 1.807) is 0 Å². The summed E-state index contributed by atoms with van der Waals surface area (Å²) in [6, 6.07) is 4.16. The first-order valence-corrected chi connectivity index (χ1v) is 10.4. The summed E-state index contributed by atoms with van der Waals surface area (Å²) in [6.45, 7) is 0. The van der Waals surface area contributed by atoms with Crippen LogP contribution in [0.2, 0.25) is 0 Å². The number of hydrogen-bond donors (Lipinski definition) is 0. The molecule has 3 rings (SSSR count). The van der Waals surface area contributed by atoms with E-state index in [4.69, 9.17) is 9.47 Å². The quantitative estimate of drug-likeness (QED) is 0.267. The normalized spacial score (nSPS) is 12.8. The summed E-state index contributed by atoms with van der Waals surface area (Å²) in [6.07, 6.45) is -21.2. The molecule has 218 valence electrons. The Morgan fingerprint density at radius 1 is 0.475 bits per heavy atom. The standard InChI is InChI=1S/C24H14F12O4/c1-37-17-8-12(19-15(39-23(31,32)33)4-3-5-16(19)40-24(34,35)36)9-18(38-2)20(17)11-6-13(21(25,26)27)10-14(7-11)22(28,29)30/h3-10H,1-2H3. The van der Waals surface area contributed by atoms with Crippen LogP contribution >= 0.6 is 0 Å². The fourth-order valence-corrected chi connectivity index (χ4v) is 3.65. The van der Waals surface area contributed by atoms with Crippen molar-refractivity contribution in [3.8, 4) is 45.3 Å². The third kappa shape index (κ3) is 7.15. The lowest BCUT2D eigenvalue weighted by Crippen LogP contribution is -2.20. The molecule has 0 aromatic heterocycles. The molecule has 0 aliphatic heterocycles. The van der Waals surface area contributed by atoms with Crippen molar-refractivity contribution in [2.45, 2.75) is 25.1 Å². The Morgan fingerprint density at radius 2 is 0.825 bits per heavy atom. The van der Waals surface area contributed by atoms with Gasteiger partial charge in [0.2, 0.25) is 0 Å². The maximum atomic E-state index is 13.4. The highest BCUT2D eigenvalue weighted by Gasteiger charge is 2.39. The van der Waals surface area contributed by atoms with Crippen molar-refractivity contribution in [3.63, 3.8) is 0 Å². The van der Waals surface area contributed by atoms with Crippen molar-refractivity contribution >= 4 is 0 Å². The number of benzene rings is 3. The zero-order chi connectivity index (χ0) is 30.3. The Kier molecular flexibility index (Phi) is 8.05. The largest absolute Gasteiger partial charge is 0.573 e. The first kappa shape index (κ1) is 30.6. The van der Waals surface area contributed by atoms with Gasteiger partial charge in [0.15, 0.2) is 0 Å². The van der Waals surface area contributed by atoms with E-state index in [0.29, 0.717) is 24.3 Å². The second kappa shape index (κ2) is 10.5. The Morgan fingerprint density at radius 3 is 1.15 bits per heavy atom. The van der Waals surface area contributed by atoms with Crippen molar-refractivity contribution in [1.82, 2.24) is 0 Å².